The van der Waals surface area contributed by atoms with Gasteiger partial charge in [-0.25, -0.2) is 0 Å². The molecule has 0 radical (unpaired) electrons. The van der Waals surface area contributed by atoms with Gasteiger partial charge in [-0.3, -0.25) is 0 Å². The molecule has 0 amide bonds. The van der Waals surface area contributed by atoms with Gasteiger partial charge in [0.05, 0.1) is 11.6 Å². The van der Waals surface area contributed by atoms with E-state index >= 15 is 0 Å². The zero-order valence-corrected chi connectivity index (χ0v) is 11.9. The van der Waals surface area contributed by atoms with Gasteiger partial charge in [-0.1, -0.05) is 36.4 Å². The average molecular weight is 263 g/mol. The number of hydrogen-bond donors (Lipinski definition) is 0. The van der Waals surface area contributed by atoms with Crippen LogP contribution >= 0.6 is 0 Å². The van der Waals surface area contributed by atoms with Crippen molar-refractivity contribution in [3.8, 4) is 6.07 Å². The zero-order valence-electron chi connectivity index (χ0n) is 11.9. The summed E-state index contributed by atoms with van der Waals surface area (Å²) in [5, 5.41) is 9.56. The number of hydrogen-bond acceptors (Lipinski definition) is 1. The van der Waals surface area contributed by atoms with Gasteiger partial charge < -0.3 is 0 Å². The summed E-state index contributed by atoms with van der Waals surface area (Å²) in [6, 6.07) is 12.7. The number of allylic oxidation sites excluding steroid dienone is 2. The summed E-state index contributed by atoms with van der Waals surface area (Å²) < 4.78 is 0. The lowest BCUT2D eigenvalue weighted by atomic mass is 9.49. The first-order valence-corrected chi connectivity index (χ1v) is 7.95. The summed E-state index contributed by atoms with van der Waals surface area (Å²) >= 11 is 0. The first kappa shape index (κ1) is 12.2. The van der Waals surface area contributed by atoms with Crippen LogP contribution in [0.25, 0.3) is 5.57 Å². The molecule has 1 nitrogen and oxygen atoms in total. The van der Waals surface area contributed by atoms with E-state index in [1.54, 1.807) is 0 Å². The van der Waals surface area contributed by atoms with E-state index in [-0.39, 0.29) is 0 Å². The molecule has 0 aromatic heterocycles. The molecule has 1 aromatic rings. The molecule has 0 heterocycles. The van der Waals surface area contributed by atoms with Crippen LogP contribution < -0.4 is 0 Å². The maximum atomic E-state index is 9.56. The Bertz CT molecular complexity index is 540. The van der Waals surface area contributed by atoms with Crippen LogP contribution in [0.1, 0.15) is 44.1 Å². The summed E-state index contributed by atoms with van der Waals surface area (Å²) in [6.07, 6.45) is 10.7. The standard InChI is InChI=1S/C19H21N/c20-13-18(17-4-2-1-3-5-17)12-19-9-14-6-15(10-19)8-16(7-14)11-19/h1-5,12,14-16H,6-11H2/b18-12-. The maximum absolute atomic E-state index is 9.56. The Morgan fingerprint density at radius 3 is 2.05 bits per heavy atom. The fraction of sp³-hybridized carbons (Fsp3) is 0.526. The van der Waals surface area contributed by atoms with Crippen molar-refractivity contribution in [1.29, 1.82) is 5.26 Å². The SMILES string of the molecule is N#C/C(=C/C12CC3CC(CC(C3)C1)C2)c1ccccc1. The molecule has 1 heteroatoms. The summed E-state index contributed by atoms with van der Waals surface area (Å²) in [4.78, 5) is 0. The lowest BCUT2D eigenvalue weighted by Gasteiger charge is -2.56. The Hall–Kier alpha value is -1.55. The molecular formula is C19H21N. The number of nitriles is 1. The van der Waals surface area contributed by atoms with Crippen molar-refractivity contribution >= 4 is 5.57 Å². The Balaban J connectivity index is 1.70. The van der Waals surface area contributed by atoms with Crippen LogP contribution in [0.15, 0.2) is 36.4 Å². The Labute approximate surface area is 121 Å². The van der Waals surface area contributed by atoms with E-state index in [0.29, 0.717) is 5.41 Å². The molecule has 20 heavy (non-hydrogen) atoms. The van der Waals surface area contributed by atoms with E-state index in [1.165, 1.54) is 38.5 Å². The normalized spacial score (nSPS) is 38.8. The van der Waals surface area contributed by atoms with Crippen LogP contribution in [0.2, 0.25) is 0 Å². The monoisotopic (exact) mass is 263 g/mol. The molecule has 0 saturated heterocycles. The van der Waals surface area contributed by atoms with E-state index in [9.17, 15) is 5.26 Å². The van der Waals surface area contributed by atoms with Crippen LogP contribution in [0.5, 0.6) is 0 Å². The lowest BCUT2D eigenvalue weighted by molar-refractivity contribution is -0.0234. The minimum absolute atomic E-state index is 0.343. The van der Waals surface area contributed by atoms with Gasteiger partial charge in [0.2, 0.25) is 0 Å². The molecule has 0 spiro atoms. The predicted molar refractivity (Wildman–Crippen MR) is 80.6 cm³/mol. The second kappa shape index (κ2) is 4.48. The zero-order chi connectivity index (χ0) is 13.6. The Morgan fingerprint density at radius 1 is 1.00 bits per heavy atom. The molecule has 0 N–H and O–H groups in total. The van der Waals surface area contributed by atoms with Gasteiger partial charge in [0.15, 0.2) is 0 Å². The van der Waals surface area contributed by atoms with E-state index in [2.05, 4.69) is 24.3 Å². The van der Waals surface area contributed by atoms with E-state index < -0.39 is 0 Å². The minimum Gasteiger partial charge on any atom is -0.192 e. The van der Waals surface area contributed by atoms with Crippen LogP contribution in [-0.2, 0) is 0 Å². The molecular weight excluding hydrogens is 242 g/mol. The first-order valence-electron chi connectivity index (χ1n) is 7.95. The van der Waals surface area contributed by atoms with Gasteiger partial charge >= 0.3 is 0 Å². The van der Waals surface area contributed by atoms with Crippen molar-refractivity contribution in [3.63, 3.8) is 0 Å². The van der Waals surface area contributed by atoms with E-state index in [1.807, 2.05) is 18.2 Å². The smallest absolute Gasteiger partial charge is 0.0994 e. The molecule has 4 fully saturated rings. The molecule has 0 atom stereocenters. The molecule has 0 aliphatic heterocycles. The van der Waals surface area contributed by atoms with Crippen molar-refractivity contribution in [3.05, 3.63) is 42.0 Å². The minimum atomic E-state index is 0.343. The van der Waals surface area contributed by atoms with E-state index in [0.717, 1.165) is 28.9 Å². The highest BCUT2D eigenvalue weighted by Crippen LogP contribution is 2.61. The van der Waals surface area contributed by atoms with Crippen LogP contribution in [0.4, 0.5) is 0 Å². The fourth-order valence-corrected chi connectivity index (χ4v) is 5.46. The van der Waals surface area contributed by atoms with Crippen LogP contribution in [-0.4, -0.2) is 0 Å². The maximum Gasteiger partial charge on any atom is 0.0994 e. The van der Waals surface area contributed by atoms with Crippen molar-refractivity contribution in [2.24, 2.45) is 23.2 Å². The Morgan fingerprint density at radius 2 is 1.55 bits per heavy atom. The highest BCUT2D eigenvalue weighted by Gasteiger charge is 2.49. The third-order valence-electron chi connectivity index (χ3n) is 5.74. The largest absolute Gasteiger partial charge is 0.192 e. The van der Waals surface area contributed by atoms with Crippen molar-refractivity contribution in [1.82, 2.24) is 0 Å². The van der Waals surface area contributed by atoms with Gasteiger partial charge in [-0.2, -0.15) is 5.26 Å². The average Bonchev–Trinajstić information content (AvgIpc) is 2.44. The molecule has 4 aliphatic carbocycles. The van der Waals surface area contributed by atoms with Gasteiger partial charge in [-0.05, 0) is 67.3 Å². The van der Waals surface area contributed by atoms with E-state index in [4.69, 9.17) is 0 Å². The number of rotatable bonds is 2. The molecule has 0 unspecified atom stereocenters. The lowest BCUT2D eigenvalue weighted by Crippen LogP contribution is -2.45. The highest BCUT2D eigenvalue weighted by atomic mass is 14.5. The third-order valence-corrected chi connectivity index (χ3v) is 5.74. The summed E-state index contributed by atoms with van der Waals surface area (Å²) in [5.74, 6) is 2.81. The third kappa shape index (κ3) is 1.99. The summed E-state index contributed by atoms with van der Waals surface area (Å²) in [6.45, 7) is 0. The fourth-order valence-electron chi connectivity index (χ4n) is 5.46. The second-order valence-electron chi connectivity index (χ2n) is 7.32. The molecule has 4 bridgehead atoms. The van der Waals surface area contributed by atoms with Crippen molar-refractivity contribution in [2.75, 3.05) is 0 Å². The predicted octanol–water partition coefficient (Wildman–Crippen LogP) is 4.81. The number of nitrogens with zero attached hydrogens (tertiary/aromatic N) is 1. The summed E-state index contributed by atoms with van der Waals surface area (Å²) in [7, 11) is 0. The van der Waals surface area contributed by atoms with Gasteiger partial charge in [0, 0.05) is 0 Å². The van der Waals surface area contributed by atoms with Gasteiger partial charge in [0.25, 0.3) is 0 Å². The highest BCUT2D eigenvalue weighted by molar-refractivity contribution is 5.77. The first-order chi connectivity index (χ1) is 9.76. The molecule has 102 valence electrons. The van der Waals surface area contributed by atoms with Crippen molar-refractivity contribution in [2.45, 2.75) is 38.5 Å². The molecule has 5 rings (SSSR count). The van der Waals surface area contributed by atoms with Crippen molar-refractivity contribution < 1.29 is 0 Å². The van der Waals surface area contributed by atoms with Crippen LogP contribution in [0, 0.1) is 34.5 Å². The topological polar surface area (TPSA) is 23.8 Å². The number of benzene rings is 1. The van der Waals surface area contributed by atoms with Crippen LogP contribution in [0.3, 0.4) is 0 Å². The quantitative estimate of drug-likeness (QED) is 0.702. The summed E-state index contributed by atoms with van der Waals surface area (Å²) in [5.41, 5.74) is 2.33. The van der Waals surface area contributed by atoms with Gasteiger partial charge in [-0.15, -0.1) is 0 Å². The molecule has 4 aliphatic rings. The second-order valence-corrected chi connectivity index (χ2v) is 7.32. The Kier molecular flexibility index (Phi) is 2.74. The molecule has 1 aromatic carbocycles. The van der Waals surface area contributed by atoms with Gasteiger partial charge in [0.1, 0.15) is 0 Å². The molecule has 4 saturated carbocycles.